The molecule has 2 rings (SSSR count). The molecule has 0 radical (unpaired) electrons. The van der Waals surface area contributed by atoms with Crippen LogP contribution in [0.5, 0.6) is 0 Å². The van der Waals surface area contributed by atoms with E-state index in [4.69, 9.17) is 24.4 Å². The van der Waals surface area contributed by atoms with Crippen LogP contribution in [-0.2, 0) is 11.5 Å². The Balaban J connectivity index is 1.38. The monoisotopic (exact) mass is 486 g/mol. The van der Waals surface area contributed by atoms with Crippen LogP contribution < -0.4 is 21.3 Å². The maximum Gasteiger partial charge on any atom is 0.166 e. The third-order valence-corrected chi connectivity index (χ3v) is 6.62. The zero-order chi connectivity index (χ0) is 21.6. The lowest BCUT2D eigenvalue weighted by Gasteiger charge is -2.13. The molecular formula is C18H30N8S4. The summed E-state index contributed by atoms with van der Waals surface area (Å²) in [5, 5.41) is 14.1. The topological polar surface area (TPSA) is 105 Å². The molecule has 0 bridgehead atoms. The maximum absolute atomic E-state index is 5.29. The van der Waals surface area contributed by atoms with Gasteiger partial charge in [-0.05, 0) is 38.3 Å². The second-order valence-corrected chi connectivity index (χ2v) is 9.45. The van der Waals surface area contributed by atoms with Gasteiger partial charge in [0.25, 0.3) is 0 Å². The van der Waals surface area contributed by atoms with E-state index >= 15 is 0 Å². The summed E-state index contributed by atoms with van der Waals surface area (Å²) >= 11 is 14.2. The van der Waals surface area contributed by atoms with Gasteiger partial charge in [0.2, 0.25) is 0 Å². The third kappa shape index (κ3) is 10.0. The van der Waals surface area contributed by atoms with Gasteiger partial charge >= 0.3 is 0 Å². The average Bonchev–Trinajstić information content (AvgIpc) is 3.32. The second-order valence-electron chi connectivity index (χ2n) is 6.42. The fraction of sp³-hybridized carbons (Fsp3) is 0.556. The highest BCUT2D eigenvalue weighted by Crippen LogP contribution is 2.12. The molecule has 0 unspecified atom stereocenters. The number of rotatable bonds is 13. The van der Waals surface area contributed by atoms with Crippen LogP contribution in [0, 0.1) is 13.8 Å². The van der Waals surface area contributed by atoms with Crippen LogP contribution >= 0.6 is 48.0 Å². The Morgan fingerprint density at radius 3 is 1.53 bits per heavy atom. The van der Waals surface area contributed by atoms with Crippen molar-refractivity contribution in [2.75, 3.05) is 37.7 Å². The summed E-state index contributed by atoms with van der Waals surface area (Å²) in [5.41, 5.74) is 4.50. The van der Waals surface area contributed by atoms with Gasteiger partial charge < -0.3 is 31.2 Å². The van der Waals surface area contributed by atoms with Crippen molar-refractivity contribution in [2.24, 2.45) is 0 Å². The molecule has 30 heavy (non-hydrogen) atoms. The minimum absolute atomic E-state index is 0.664. The Labute approximate surface area is 197 Å². The number of aromatic amines is 2. The van der Waals surface area contributed by atoms with Crippen molar-refractivity contribution in [1.29, 1.82) is 0 Å². The minimum Gasteiger partial charge on any atom is -0.362 e. The first-order chi connectivity index (χ1) is 14.6. The first-order valence-corrected chi connectivity index (χ1v) is 12.9. The molecule has 0 spiro atoms. The van der Waals surface area contributed by atoms with E-state index in [0.29, 0.717) is 23.3 Å². The van der Waals surface area contributed by atoms with Crippen molar-refractivity contribution in [3.8, 4) is 0 Å². The maximum atomic E-state index is 5.29. The van der Waals surface area contributed by atoms with E-state index in [1.807, 2.05) is 37.4 Å². The molecule has 166 valence electrons. The number of thioether (sulfide) groups is 2. The SMILES string of the molecule is Cc1[nH]cnc1CSCCNC(=S)NCCNC(=S)NCCSCc1nc[nH]c1C. The van der Waals surface area contributed by atoms with Crippen molar-refractivity contribution in [3.63, 3.8) is 0 Å². The van der Waals surface area contributed by atoms with E-state index in [9.17, 15) is 0 Å². The molecule has 0 saturated carbocycles. The number of thiocarbonyl (C=S) groups is 2. The highest BCUT2D eigenvalue weighted by Gasteiger charge is 2.02. The van der Waals surface area contributed by atoms with E-state index in [1.54, 1.807) is 12.7 Å². The van der Waals surface area contributed by atoms with Gasteiger partial charge in [-0.25, -0.2) is 9.97 Å². The van der Waals surface area contributed by atoms with Gasteiger partial charge in [0.15, 0.2) is 10.2 Å². The van der Waals surface area contributed by atoms with E-state index < -0.39 is 0 Å². The standard InChI is InChI=1S/C18H30N8S4/c1-13-15(25-11-23-13)9-29-7-5-21-17(27)19-3-4-20-18(28)22-6-8-30-10-16-14(2)24-12-26-16/h11-12H,3-10H2,1-2H3,(H,23,25)(H,24,26)(H2,19,21,27)(H2,20,22,28). The van der Waals surface area contributed by atoms with Gasteiger partial charge in [0.1, 0.15) is 0 Å². The van der Waals surface area contributed by atoms with Crippen LogP contribution in [-0.4, -0.2) is 67.8 Å². The Morgan fingerprint density at radius 1 is 0.767 bits per heavy atom. The van der Waals surface area contributed by atoms with Crippen LogP contribution in [0.4, 0.5) is 0 Å². The Hall–Kier alpha value is -1.50. The summed E-state index contributed by atoms with van der Waals surface area (Å²) < 4.78 is 0. The van der Waals surface area contributed by atoms with Crippen molar-refractivity contribution >= 4 is 58.2 Å². The highest BCUT2D eigenvalue weighted by atomic mass is 32.2. The van der Waals surface area contributed by atoms with Crippen LogP contribution in [0.1, 0.15) is 22.8 Å². The molecule has 0 aliphatic carbocycles. The van der Waals surface area contributed by atoms with Crippen molar-refractivity contribution in [1.82, 2.24) is 41.2 Å². The molecule has 0 aliphatic rings. The summed E-state index contributed by atoms with van der Waals surface area (Å²) in [4.78, 5) is 14.8. The Morgan fingerprint density at radius 2 is 1.17 bits per heavy atom. The quantitative estimate of drug-likeness (QED) is 0.186. The molecule has 0 amide bonds. The number of nitrogens with zero attached hydrogens (tertiary/aromatic N) is 2. The Kier molecular flexibility index (Phi) is 12.0. The van der Waals surface area contributed by atoms with Gasteiger partial charge in [-0.2, -0.15) is 23.5 Å². The zero-order valence-corrected chi connectivity index (χ0v) is 20.6. The largest absolute Gasteiger partial charge is 0.362 e. The number of imidazole rings is 2. The molecule has 12 heteroatoms. The zero-order valence-electron chi connectivity index (χ0n) is 17.3. The molecule has 2 aromatic rings. The molecule has 0 atom stereocenters. The number of nitrogens with one attached hydrogen (secondary N) is 6. The van der Waals surface area contributed by atoms with Crippen LogP contribution in [0.15, 0.2) is 12.7 Å². The molecule has 8 nitrogen and oxygen atoms in total. The number of H-pyrrole nitrogens is 2. The van der Waals surface area contributed by atoms with E-state index in [1.165, 1.54) is 0 Å². The smallest absolute Gasteiger partial charge is 0.166 e. The summed E-state index contributed by atoms with van der Waals surface area (Å²) in [5.74, 6) is 3.76. The van der Waals surface area contributed by atoms with Crippen molar-refractivity contribution < 1.29 is 0 Å². The molecule has 6 N–H and O–H groups in total. The van der Waals surface area contributed by atoms with Crippen molar-refractivity contribution in [2.45, 2.75) is 25.4 Å². The predicted octanol–water partition coefficient (Wildman–Crippen LogP) is 1.84. The molecule has 2 heterocycles. The molecule has 0 aromatic carbocycles. The van der Waals surface area contributed by atoms with E-state index in [-0.39, 0.29) is 0 Å². The van der Waals surface area contributed by atoms with Gasteiger partial charge in [-0.15, -0.1) is 0 Å². The first kappa shape index (κ1) is 24.8. The molecule has 0 fully saturated rings. The van der Waals surface area contributed by atoms with Gasteiger partial charge in [-0.1, -0.05) is 0 Å². The number of hydrogen-bond acceptors (Lipinski definition) is 6. The van der Waals surface area contributed by atoms with Crippen molar-refractivity contribution in [3.05, 3.63) is 35.4 Å². The second kappa shape index (κ2) is 14.5. The molecule has 0 aliphatic heterocycles. The highest BCUT2D eigenvalue weighted by molar-refractivity contribution is 7.98. The summed E-state index contributed by atoms with van der Waals surface area (Å²) in [6.07, 6.45) is 3.47. The predicted molar refractivity (Wildman–Crippen MR) is 136 cm³/mol. The Bertz CT molecular complexity index is 712. The summed E-state index contributed by atoms with van der Waals surface area (Å²) in [6, 6.07) is 0. The fourth-order valence-electron chi connectivity index (χ4n) is 2.35. The summed E-state index contributed by atoms with van der Waals surface area (Å²) in [6.45, 7) is 7.14. The van der Waals surface area contributed by atoms with Gasteiger partial charge in [0, 0.05) is 60.6 Å². The van der Waals surface area contributed by atoms with Gasteiger partial charge in [-0.3, -0.25) is 0 Å². The third-order valence-electron chi connectivity index (χ3n) is 4.11. The lowest BCUT2D eigenvalue weighted by molar-refractivity contribution is 0.779. The van der Waals surface area contributed by atoms with E-state index in [0.717, 1.165) is 58.9 Å². The summed E-state index contributed by atoms with van der Waals surface area (Å²) in [7, 11) is 0. The average molecular weight is 487 g/mol. The number of aryl methyl sites for hydroxylation is 2. The van der Waals surface area contributed by atoms with Crippen LogP contribution in [0.3, 0.4) is 0 Å². The normalized spacial score (nSPS) is 10.6. The minimum atomic E-state index is 0.664. The lowest BCUT2D eigenvalue weighted by atomic mass is 10.4. The molecule has 2 aromatic heterocycles. The van der Waals surface area contributed by atoms with Crippen LogP contribution in [0.2, 0.25) is 0 Å². The molecule has 0 saturated heterocycles. The van der Waals surface area contributed by atoms with E-state index in [2.05, 4.69) is 41.2 Å². The van der Waals surface area contributed by atoms with Gasteiger partial charge in [0.05, 0.1) is 24.0 Å². The lowest BCUT2D eigenvalue weighted by Crippen LogP contribution is -2.43. The van der Waals surface area contributed by atoms with Crippen LogP contribution in [0.25, 0.3) is 0 Å². The number of hydrogen-bond donors (Lipinski definition) is 6. The molecular weight excluding hydrogens is 457 g/mol. The number of aromatic nitrogens is 4. The fourth-order valence-corrected chi connectivity index (χ4v) is 4.51. The first-order valence-electron chi connectivity index (χ1n) is 9.73.